The number of anilines is 1. The molecule has 0 radical (unpaired) electrons. The number of nitrogens with zero attached hydrogens (tertiary/aromatic N) is 3. The minimum Gasteiger partial charge on any atom is -0.320 e. The summed E-state index contributed by atoms with van der Waals surface area (Å²) in [6, 6.07) is 12.3. The highest BCUT2D eigenvalue weighted by molar-refractivity contribution is 6.31. The second-order valence-electron chi connectivity index (χ2n) is 8.47. The molecule has 2 amide bonds. The standard InChI is InChI=1S/C25H26ClF3N4O/c1-32(2)12-13-33(24(34)31-20-8-11-23(26)22(15-20)25(27,28)29)21-9-6-18(7-10-21)19-5-3-4-17(14-19)16-30/h3-6,8,11,14-15,21H,7,9-10,12-13H2,1-2H3,(H,31,34). The molecule has 3 rings (SSSR count). The summed E-state index contributed by atoms with van der Waals surface area (Å²) in [5, 5.41) is 11.3. The van der Waals surface area contributed by atoms with E-state index in [0.29, 0.717) is 31.5 Å². The minimum atomic E-state index is -4.62. The number of urea groups is 1. The van der Waals surface area contributed by atoms with Crippen LogP contribution in [0.25, 0.3) is 5.57 Å². The number of allylic oxidation sites excluding steroid dienone is 1. The van der Waals surface area contributed by atoms with Crippen LogP contribution in [0.2, 0.25) is 5.02 Å². The quantitative estimate of drug-likeness (QED) is 0.519. The van der Waals surface area contributed by atoms with E-state index in [2.05, 4.69) is 17.5 Å². The number of carbonyl (C=O) groups excluding carboxylic acids is 1. The monoisotopic (exact) mass is 490 g/mol. The van der Waals surface area contributed by atoms with Crippen LogP contribution in [-0.2, 0) is 6.18 Å². The highest BCUT2D eigenvalue weighted by atomic mass is 35.5. The molecule has 34 heavy (non-hydrogen) atoms. The van der Waals surface area contributed by atoms with Crippen molar-refractivity contribution < 1.29 is 18.0 Å². The Bertz CT molecular complexity index is 1110. The fourth-order valence-corrected chi connectivity index (χ4v) is 4.15. The van der Waals surface area contributed by atoms with E-state index in [4.69, 9.17) is 16.9 Å². The average molecular weight is 491 g/mol. The molecule has 0 aromatic heterocycles. The second kappa shape index (κ2) is 10.9. The molecular formula is C25H26ClF3N4O. The zero-order valence-corrected chi connectivity index (χ0v) is 19.7. The first kappa shape index (κ1) is 25.6. The van der Waals surface area contributed by atoms with Gasteiger partial charge in [0.05, 0.1) is 22.2 Å². The third-order valence-corrected chi connectivity index (χ3v) is 6.09. The molecule has 1 aliphatic rings. The molecule has 180 valence electrons. The molecule has 1 aliphatic carbocycles. The average Bonchev–Trinajstić information content (AvgIpc) is 2.80. The molecule has 2 aromatic carbocycles. The smallest absolute Gasteiger partial charge is 0.320 e. The number of hydrogen-bond donors (Lipinski definition) is 1. The molecule has 0 spiro atoms. The van der Waals surface area contributed by atoms with E-state index in [9.17, 15) is 18.0 Å². The number of benzene rings is 2. The van der Waals surface area contributed by atoms with Gasteiger partial charge < -0.3 is 15.1 Å². The lowest BCUT2D eigenvalue weighted by atomic mass is 9.89. The number of likely N-dealkylation sites (N-methyl/N-ethyl adjacent to an activating group) is 1. The van der Waals surface area contributed by atoms with Crippen molar-refractivity contribution in [1.29, 1.82) is 5.26 Å². The molecule has 0 fully saturated rings. The van der Waals surface area contributed by atoms with E-state index in [-0.39, 0.29) is 11.7 Å². The lowest BCUT2D eigenvalue weighted by molar-refractivity contribution is -0.137. The molecule has 0 aliphatic heterocycles. The molecule has 1 N–H and O–H groups in total. The van der Waals surface area contributed by atoms with Gasteiger partial charge in [0.1, 0.15) is 0 Å². The third-order valence-electron chi connectivity index (χ3n) is 5.76. The molecule has 2 aromatic rings. The third kappa shape index (κ3) is 6.52. The summed E-state index contributed by atoms with van der Waals surface area (Å²) in [4.78, 5) is 16.8. The first-order valence-corrected chi connectivity index (χ1v) is 11.2. The van der Waals surface area contributed by atoms with Crippen molar-refractivity contribution in [2.24, 2.45) is 0 Å². The Morgan fingerprint density at radius 2 is 1.97 bits per heavy atom. The SMILES string of the molecule is CN(C)CCN(C(=O)Nc1ccc(Cl)c(C(F)(F)F)c1)C1CC=C(c2cccc(C#N)c2)CC1. The summed E-state index contributed by atoms with van der Waals surface area (Å²) < 4.78 is 39.6. The van der Waals surface area contributed by atoms with E-state index in [0.717, 1.165) is 29.7 Å². The van der Waals surface area contributed by atoms with Crippen LogP contribution < -0.4 is 5.32 Å². The molecule has 1 atom stereocenters. The number of nitriles is 1. The summed E-state index contributed by atoms with van der Waals surface area (Å²) >= 11 is 5.70. The number of amides is 2. The first-order chi connectivity index (χ1) is 16.1. The van der Waals surface area contributed by atoms with Crippen LogP contribution in [0.4, 0.5) is 23.7 Å². The number of halogens is 4. The van der Waals surface area contributed by atoms with Gasteiger partial charge >= 0.3 is 12.2 Å². The lowest BCUT2D eigenvalue weighted by Gasteiger charge is -2.35. The van der Waals surface area contributed by atoms with E-state index in [1.807, 2.05) is 37.2 Å². The predicted octanol–water partition coefficient (Wildman–Crippen LogP) is 6.26. The summed E-state index contributed by atoms with van der Waals surface area (Å²) in [6.07, 6.45) is -0.496. The molecule has 1 unspecified atom stereocenters. The normalized spacial score (nSPS) is 16.1. The van der Waals surface area contributed by atoms with E-state index >= 15 is 0 Å². The van der Waals surface area contributed by atoms with E-state index in [1.165, 1.54) is 6.07 Å². The second-order valence-corrected chi connectivity index (χ2v) is 8.88. The van der Waals surface area contributed by atoms with Gasteiger partial charge in [0.15, 0.2) is 0 Å². The largest absolute Gasteiger partial charge is 0.417 e. The van der Waals surface area contributed by atoms with Gasteiger partial charge in [0, 0.05) is 24.8 Å². The van der Waals surface area contributed by atoms with Gasteiger partial charge in [0.25, 0.3) is 0 Å². The molecular weight excluding hydrogens is 465 g/mol. The van der Waals surface area contributed by atoms with Crippen LogP contribution in [0.1, 0.15) is 36.0 Å². The van der Waals surface area contributed by atoms with Crippen molar-refractivity contribution in [2.75, 3.05) is 32.5 Å². The molecule has 0 bridgehead atoms. The van der Waals surface area contributed by atoms with Crippen molar-refractivity contribution in [3.8, 4) is 6.07 Å². The zero-order chi connectivity index (χ0) is 24.9. The first-order valence-electron chi connectivity index (χ1n) is 10.9. The summed E-state index contributed by atoms with van der Waals surface area (Å²) in [5.74, 6) is 0. The molecule has 0 heterocycles. The van der Waals surface area contributed by atoms with Crippen molar-refractivity contribution in [3.63, 3.8) is 0 Å². The summed E-state index contributed by atoms with van der Waals surface area (Å²) in [5.41, 5.74) is 1.75. The fourth-order valence-electron chi connectivity index (χ4n) is 3.93. The number of nitrogens with one attached hydrogen (secondary N) is 1. The summed E-state index contributed by atoms with van der Waals surface area (Å²) in [7, 11) is 3.79. The van der Waals surface area contributed by atoms with Crippen LogP contribution >= 0.6 is 11.6 Å². The number of alkyl halides is 3. The van der Waals surface area contributed by atoms with Crippen LogP contribution in [0.3, 0.4) is 0 Å². The van der Waals surface area contributed by atoms with Crippen molar-refractivity contribution in [1.82, 2.24) is 9.80 Å². The van der Waals surface area contributed by atoms with Crippen molar-refractivity contribution in [2.45, 2.75) is 31.5 Å². The maximum atomic E-state index is 13.2. The number of hydrogen-bond acceptors (Lipinski definition) is 3. The number of rotatable bonds is 6. The van der Waals surface area contributed by atoms with Gasteiger partial charge in [0.2, 0.25) is 0 Å². The lowest BCUT2D eigenvalue weighted by Crippen LogP contribution is -2.46. The van der Waals surface area contributed by atoms with Gasteiger partial charge in [-0.3, -0.25) is 0 Å². The van der Waals surface area contributed by atoms with E-state index in [1.54, 1.807) is 11.0 Å². The summed E-state index contributed by atoms with van der Waals surface area (Å²) in [6.45, 7) is 1.04. The topological polar surface area (TPSA) is 59.4 Å². The highest BCUT2D eigenvalue weighted by Gasteiger charge is 2.34. The zero-order valence-electron chi connectivity index (χ0n) is 19.0. The maximum Gasteiger partial charge on any atom is 0.417 e. The van der Waals surface area contributed by atoms with Crippen molar-refractivity contribution >= 4 is 28.9 Å². The van der Waals surface area contributed by atoms with Gasteiger partial charge in [-0.2, -0.15) is 18.4 Å². The van der Waals surface area contributed by atoms with E-state index < -0.39 is 22.8 Å². The van der Waals surface area contributed by atoms with Gasteiger partial charge in [-0.25, -0.2) is 4.79 Å². The molecule has 9 heteroatoms. The molecule has 0 saturated carbocycles. The van der Waals surface area contributed by atoms with Crippen LogP contribution in [0, 0.1) is 11.3 Å². The van der Waals surface area contributed by atoms with Gasteiger partial charge in [-0.05, 0) is 74.8 Å². The van der Waals surface area contributed by atoms with Crippen LogP contribution in [-0.4, -0.2) is 49.1 Å². The van der Waals surface area contributed by atoms with Crippen LogP contribution in [0.5, 0.6) is 0 Å². The van der Waals surface area contributed by atoms with Crippen molar-refractivity contribution in [3.05, 3.63) is 70.3 Å². The Balaban J connectivity index is 1.77. The van der Waals surface area contributed by atoms with Crippen LogP contribution in [0.15, 0.2) is 48.5 Å². The number of carbonyl (C=O) groups is 1. The predicted molar refractivity (Wildman–Crippen MR) is 128 cm³/mol. The fraction of sp³-hybridized carbons (Fsp3) is 0.360. The Labute approximate surface area is 202 Å². The van der Waals surface area contributed by atoms with Gasteiger partial charge in [-0.1, -0.05) is 29.8 Å². The maximum absolute atomic E-state index is 13.2. The van der Waals surface area contributed by atoms with Gasteiger partial charge in [-0.15, -0.1) is 0 Å². The molecule has 0 saturated heterocycles. The Morgan fingerprint density at radius 1 is 1.21 bits per heavy atom. The minimum absolute atomic E-state index is 0.0388. The molecule has 5 nitrogen and oxygen atoms in total. The Hall–Kier alpha value is -3.02. The highest BCUT2D eigenvalue weighted by Crippen LogP contribution is 2.36. The Kier molecular flexibility index (Phi) is 8.24. The Morgan fingerprint density at radius 3 is 2.59 bits per heavy atom.